The summed E-state index contributed by atoms with van der Waals surface area (Å²) in [5.74, 6) is 3.81. The molecule has 2 aliphatic carbocycles. The molecule has 18 heavy (non-hydrogen) atoms. The van der Waals surface area contributed by atoms with Crippen molar-refractivity contribution in [2.45, 2.75) is 63.8 Å². The van der Waals surface area contributed by atoms with Crippen LogP contribution in [0.1, 0.15) is 75.5 Å². The molecule has 1 aromatic rings. The zero-order valence-corrected chi connectivity index (χ0v) is 11.1. The molecule has 2 N–H and O–H groups in total. The summed E-state index contributed by atoms with van der Waals surface area (Å²) in [6, 6.07) is -0.0789. The van der Waals surface area contributed by atoms with Gasteiger partial charge < -0.3 is 10.3 Å². The van der Waals surface area contributed by atoms with Gasteiger partial charge in [0.1, 0.15) is 0 Å². The van der Waals surface area contributed by atoms with Crippen LogP contribution in [0.5, 0.6) is 0 Å². The van der Waals surface area contributed by atoms with E-state index in [0.717, 1.165) is 36.9 Å². The number of nitrogens with two attached hydrogens (primary N) is 1. The molecule has 0 aromatic carbocycles. The third kappa shape index (κ3) is 2.18. The topological polar surface area (TPSA) is 64.9 Å². The van der Waals surface area contributed by atoms with E-state index >= 15 is 0 Å². The van der Waals surface area contributed by atoms with Crippen LogP contribution in [0.25, 0.3) is 0 Å². The van der Waals surface area contributed by atoms with Crippen LogP contribution in [0.4, 0.5) is 0 Å². The van der Waals surface area contributed by atoms with Gasteiger partial charge in [0.05, 0.1) is 6.04 Å². The molecule has 100 valence electrons. The second-order valence-corrected chi connectivity index (χ2v) is 6.02. The maximum Gasteiger partial charge on any atom is 0.243 e. The standard InChI is InChI=1S/C14H23N3O/c1-2-3-4-12(15)14-16-13(17-18-14)11-8-9-5-6-10(11)7-9/h9-12H,2-8,15H2,1H3. The lowest BCUT2D eigenvalue weighted by Crippen LogP contribution is -2.12. The Hall–Kier alpha value is -0.900. The average Bonchev–Trinajstić information content (AvgIpc) is 3.09. The number of nitrogens with zero attached hydrogens (tertiary/aromatic N) is 2. The van der Waals surface area contributed by atoms with E-state index in [2.05, 4.69) is 17.1 Å². The van der Waals surface area contributed by atoms with Crippen molar-refractivity contribution in [1.29, 1.82) is 0 Å². The summed E-state index contributed by atoms with van der Waals surface area (Å²) in [4.78, 5) is 4.56. The second-order valence-electron chi connectivity index (χ2n) is 6.02. The quantitative estimate of drug-likeness (QED) is 0.870. The van der Waals surface area contributed by atoms with Crippen molar-refractivity contribution in [3.05, 3.63) is 11.7 Å². The Morgan fingerprint density at radius 2 is 2.28 bits per heavy atom. The van der Waals surface area contributed by atoms with E-state index in [1.807, 2.05) is 0 Å². The smallest absolute Gasteiger partial charge is 0.243 e. The van der Waals surface area contributed by atoms with E-state index in [4.69, 9.17) is 10.3 Å². The van der Waals surface area contributed by atoms with Gasteiger partial charge in [-0.1, -0.05) is 31.3 Å². The number of unbranched alkanes of at least 4 members (excludes halogenated alkanes) is 1. The van der Waals surface area contributed by atoms with Gasteiger partial charge in [0.25, 0.3) is 0 Å². The van der Waals surface area contributed by atoms with Crippen LogP contribution < -0.4 is 5.73 Å². The molecule has 2 fully saturated rings. The molecule has 2 saturated carbocycles. The highest BCUT2D eigenvalue weighted by Crippen LogP contribution is 2.52. The monoisotopic (exact) mass is 249 g/mol. The molecule has 0 radical (unpaired) electrons. The summed E-state index contributed by atoms with van der Waals surface area (Å²) in [5.41, 5.74) is 6.07. The van der Waals surface area contributed by atoms with Crippen molar-refractivity contribution in [1.82, 2.24) is 10.1 Å². The van der Waals surface area contributed by atoms with Crippen LogP contribution in [-0.2, 0) is 0 Å². The first-order valence-electron chi connectivity index (χ1n) is 7.37. The van der Waals surface area contributed by atoms with Gasteiger partial charge in [-0.15, -0.1) is 0 Å². The summed E-state index contributed by atoms with van der Waals surface area (Å²) >= 11 is 0. The van der Waals surface area contributed by atoms with Gasteiger partial charge in [-0.2, -0.15) is 4.98 Å². The third-order valence-corrected chi connectivity index (χ3v) is 4.71. The lowest BCUT2D eigenvalue weighted by molar-refractivity contribution is 0.332. The molecule has 4 heteroatoms. The predicted molar refractivity (Wildman–Crippen MR) is 68.9 cm³/mol. The van der Waals surface area contributed by atoms with Gasteiger partial charge in [-0.3, -0.25) is 0 Å². The molecular formula is C14H23N3O. The Bertz CT molecular complexity index is 403. The molecular weight excluding hydrogens is 226 g/mol. The Kier molecular flexibility index (Phi) is 3.37. The lowest BCUT2D eigenvalue weighted by Gasteiger charge is -2.17. The van der Waals surface area contributed by atoms with Gasteiger partial charge in [-0.25, -0.2) is 0 Å². The van der Waals surface area contributed by atoms with E-state index in [0.29, 0.717) is 11.8 Å². The zero-order valence-electron chi connectivity index (χ0n) is 11.1. The van der Waals surface area contributed by atoms with Crippen LogP contribution in [0.3, 0.4) is 0 Å². The van der Waals surface area contributed by atoms with E-state index in [1.165, 1.54) is 25.7 Å². The van der Waals surface area contributed by atoms with Crippen LogP contribution in [0.2, 0.25) is 0 Å². The molecule has 1 heterocycles. The van der Waals surface area contributed by atoms with Crippen molar-refractivity contribution >= 4 is 0 Å². The molecule has 1 aromatic heterocycles. The molecule has 4 unspecified atom stereocenters. The molecule has 4 atom stereocenters. The molecule has 2 bridgehead atoms. The van der Waals surface area contributed by atoms with Gasteiger partial charge in [0, 0.05) is 5.92 Å². The minimum atomic E-state index is -0.0789. The molecule has 0 saturated heterocycles. The minimum absolute atomic E-state index is 0.0789. The van der Waals surface area contributed by atoms with E-state index in [9.17, 15) is 0 Å². The van der Waals surface area contributed by atoms with E-state index in [-0.39, 0.29) is 6.04 Å². The Balaban J connectivity index is 1.66. The predicted octanol–water partition coefficient (Wildman–Crippen LogP) is 3.16. The fraction of sp³-hybridized carbons (Fsp3) is 0.857. The molecule has 0 spiro atoms. The summed E-state index contributed by atoms with van der Waals surface area (Å²) in [5, 5.41) is 4.18. The first-order valence-corrected chi connectivity index (χ1v) is 7.37. The average molecular weight is 249 g/mol. The Morgan fingerprint density at radius 3 is 2.94 bits per heavy atom. The number of fused-ring (bicyclic) bond motifs is 2. The lowest BCUT2D eigenvalue weighted by atomic mass is 9.88. The van der Waals surface area contributed by atoms with Gasteiger partial charge in [-0.05, 0) is 37.5 Å². The number of hydrogen-bond donors (Lipinski definition) is 1. The van der Waals surface area contributed by atoms with Crippen LogP contribution in [-0.4, -0.2) is 10.1 Å². The van der Waals surface area contributed by atoms with Crippen molar-refractivity contribution in [3.63, 3.8) is 0 Å². The fourth-order valence-electron chi connectivity index (χ4n) is 3.66. The number of rotatable bonds is 5. The van der Waals surface area contributed by atoms with Crippen molar-refractivity contribution in [2.75, 3.05) is 0 Å². The van der Waals surface area contributed by atoms with Crippen LogP contribution >= 0.6 is 0 Å². The minimum Gasteiger partial charge on any atom is -0.338 e. The Morgan fingerprint density at radius 1 is 1.39 bits per heavy atom. The fourth-order valence-corrected chi connectivity index (χ4v) is 3.66. The van der Waals surface area contributed by atoms with Gasteiger partial charge >= 0.3 is 0 Å². The third-order valence-electron chi connectivity index (χ3n) is 4.71. The molecule has 4 nitrogen and oxygen atoms in total. The van der Waals surface area contributed by atoms with E-state index < -0.39 is 0 Å². The van der Waals surface area contributed by atoms with Crippen molar-refractivity contribution in [2.24, 2.45) is 17.6 Å². The summed E-state index contributed by atoms with van der Waals surface area (Å²) < 4.78 is 5.36. The zero-order chi connectivity index (χ0) is 12.5. The molecule has 2 aliphatic rings. The van der Waals surface area contributed by atoms with Crippen LogP contribution in [0.15, 0.2) is 4.52 Å². The molecule has 0 amide bonds. The Labute approximate surface area is 108 Å². The first kappa shape index (κ1) is 12.2. The first-order chi connectivity index (χ1) is 8.78. The number of hydrogen-bond acceptors (Lipinski definition) is 4. The maximum atomic E-state index is 6.07. The largest absolute Gasteiger partial charge is 0.338 e. The SMILES string of the molecule is CCCCC(N)c1nc(C2CC3CCC2C3)no1. The van der Waals surface area contributed by atoms with Crippen molar-refractivity contribution < 1.29 is 4.52 Å². The highest BCUT2D eigenvalue weighted by Gasteiger charge is 2.42. The highest BCUT2D eigenvalue weighted by molar-refractivity contribution is 5.07. The summed E-state index contributed by atoms with van der Waals surface area (Å²) in [6.45, 7) is 2.17. The molecule has 3 rings (SSSR count). The maximum absolute atomic E-state index is 6.07. The summed E-state index contributed by atoms with van der Waals surface area (Å²) in [7, 11) is 0. The normalized spacial score (nSPS) is 32.0. The van der Waals surface area contributed by atoms with Crippen molar-refractivity contribution in [3.8, 4) is 0 Å². The highest BCUT2D eigenvalue weighted by atomic mass is 16.5. The number of aromatic nitrogens is 2. The van der Waals surface area contributed by atoms with Gasteiger partial charge in [0.15, 0.2) is 5.82 Å². The van der Waals surface area contributed by atoms with E-state index in [1.54, 1.807) is 0 Å². The second kappa shape index (κ2) is 5.00. The molecule has 0 aliphatic heterocycles. The van der Waals surface area contributed by atoms with Gasteiger partial charge in [0.2, 0.25) is 5.89 Å². The summed E-state index contributed by atoms with van der Waals surface area (Å²) in [6.07, 6.45) is 8.59. The van der Waals surface area contributed by atoms with Crippen LogP contribution in [0, 0.1) is 11.8 Å².